The molecule has 0 bridgehead atoms. The van der Waals surface area contributed by atoms with Gasteiger partial charge in [-0.15, -0.1) is 0 Å². The maximum absolute atomic E-state index is 13.3. The predicted octanol–water partition coefficient (Wildman–Crippen LogP) is 4.55. The van der Waals surface area contributed by atoms with Crippen molar-refractivity contribution in [2.45, 2.75) is 25.3 Å². The molecule has 6 nitrogen and oxygen atoms in total. The van der Waals surface area contributed by atoms with Gasteiger partial charge in [0.2, 0.25) is 5.91 Å². The fraction of sp³-hybridized carbons (Fsp3) is 0.273. The molecule has 140 valence electrons. The van der Waals surface area contributed by atoms with Crippen LogP contribution in [0.3, 0.4) is 0 Å². The number of Topliss-reactive ketones (excluding diaryl/α,β-unsaturated/α-hetero) is 1. The Morgan fingerprint density at radius 2 is 1.93 bits per heavy atom. The summed E-state index contributed by atoms with van der Waals surface area (Å²) in [5.41, 5.74) is 3.91. The maximum Gasteiger partial charge on any atom is 0.227 e. The predicted molar refractivity (Wildman–Crippen MR) is 104 cm³/mol. The van der Waals surface area contributed by atoms with Crippen molar-refractivity contribution < 1.29 is 14.3 Å². The van der Waals surface area contributed by atoms with Gasteiger partial charge in [-0.1, -0.05) is 18.6 Å². The number of nitrogens with zero attached hydrogens (tertiary/aromatic N) is 2. The first-order chi connectivity index (χ1) is 13.7. The number of hydrogen-bond acceptors (Lipinski definition) is 5. The second kappa shape index (κ2) is 6.41. The van der Waals surface area contributed by atoms with Crippen molar-refractivity contribution in [1.82, 2.24) is 0 Å². The lowest BCUT2D eigenvalue weighted by Gasteiger charge is -2.24. The largest absolute Gasteiger partial charge is 0.497 e. The molecular formula is C22H19N3O3. The Morgan fingerprint density at radius 1 is 1.14 bits per heavy atom. The number of amides is 1. The zero-order valence-electron chi connectivity index (χ0n) is 15.4. The molecule has 3 aliphatic rings. The van der Waals surface area contributed by atoms with Crippen molar-refractivity contribution in [3.63, 3.8) is 0 Å². The van der Waals surface area contributed by atoms with Crippen LogP contribution in [-0.4, -0.2) is 18.8 Å². The summed E-state index contributed by atoms with van der Waals surface area (Å²) < 4.78 is 5.20. The van der Waals surface area contributed by atoms with E-state index in [0.29, 0.717) is 22.5 Å². The average Bonchev–Trinajstić information content (AvgIpc) is 3.21. The van der Waals surface area contributed by atoms with Crippen molar-refractivity contribution in [3.05, 3.63) is 64.7 Å². The van der Waals surface area contributed by atoms with E-state index >= 15 is 0 Å². The van der Waals surface area contributed by atoms with Crippen molar-refractivity contribution in [2.24, 2.45) is 16.1 Å². The van der Waals surface area contributed by atoms with Crippen LogP contribution in [0.4, 0.5) is 5.69 Å². The lowest BCUT2D eigenvalue weighted by atomic mass is 9.84. The summed E-state index contributed by atoms with van der Waals surface area (Å²) in [5, 5.41) is 11.6. The second-order valence-corrected chi connectivity index (χ2v) is 7.32. The number of carbonyl (C=O) groups excluding carboxylic acids is 2. The smallest absolute Gasteiger partial charge is 0.227 e. The summed E-state index contributed by atoms with van der Waals surface area (Å²) in [5.74, 6) is 0.680. The molecule has 1 fully saturated rings. The quantitative estimate of drug-likeness (QED) is 0.854. The number of rotatable bonds is 4. The van der Waals surface area contributed by atoms with E-state index in [0.717, 1.165) is 36.1 Å². The molecule has 28 heavy (non-hydrogen) atoms. The van der Waals surface area contributed by atoms with Crippen LogP contribution in [0.25, 0.3) is 5.70 Å². The number of azo groups is 1. The van der Waals surface area contributed by atoms with E-state index in [2.05, 4.69) is 15.5 Å². The molecular weight excluding hydrogens is 354 g/mol. The van der Waals surface area contributed by atoms with Crippen LogP contribution in [0, 0.1) is 5.92 Å². The first kappa shape index (κ1) is 16.9. The van der Waals surface area contributed by atoms with Crippen molar-refractivity contribution in [2.75, 3.05) is 12.4 Å². The van der Waals surface area contributed by atoms with Crippen LogP contribution in [0.2, 0.25) is 0 Å². The highest BCUT2D eigenvalue weighted by molar-refractivity contribution is 6.22. The van der Waals surface area contributed by atoms with E-state index < -0.39 is 6.04 Å². The summed E-state index contributed by atoms with van der Waals surface area (Å²) >= 11 is 0. The summed E-state index contributed by atoms with van der Waals surface area (Å²) in [4.78, 5) is 25.7. The third-order valence-corrected chi connectivity index (χ3v) is 5.76. The molecule has 5 rings (SSSR count). The Hall–Kier alpha value is -3.28. The lowest BCUT2D eigenvalue weighted by molar-refractivity contribution is -0.122. The summed E-state index contributed by atoms with van der Waals surface area (Å²) in [6, 6.07) is 12.5. The van der Waals surface area contributed by atoms with Crippen molar-refractivity contribution in [1.29, 1.82) is 0 Å². The molecule has 1 unspecified atom stereocenters. The van der Waals surface area contributed by atoms with Gasteiger partial charge in [0.15, 0.2) is 5.78 Å². The Labute approximate surface area is 162 Å². The van der Waals surface area contributed by atoms with Gasteiger partial charge in [-0.25, -0.2) is 0 Å². The van der Waals surface area contributed by atoms with Crippen LogP contribution in [0.5, 0.6) is 5.75 Å². The van der Waals surface area contributed by atoms with Gasteiger partial charge >= 0.3 is 0 Å². The molecule has 1 N–H and O–H groups in total. The van der Waals surface area contributed by atoms with E-state index in [-0.39, 0.29) is 17.6 Å². The highest BCUT2D eigenvalue weighted by Gasteiger charge is 2.42. The molecule has 0 spiro atoms. The van der Waals surface area contributed by atoms with Crippen LogP contribution >= 0.6 is 0 Å². The van der Waals surface area contributed by atoms with E-state index in [1.54, 1.807) is 13.2 Å². The van der Waals surface area contributed by atoms with E-state index in [4.69, 9.17) is 4.74 Å². The zero-order chi connectivity index (χ0) is 19.3. The van der Waals surface area contributed by atoms with Gasteiger partial charge in [0, 0.05) is 11.5 Å². The number of hydrogen-bond donors (Lipinski definition) is 1. The molecule has 1 amide bonds. The van der Waals surface area contributed by atoms with Crippen molar-refractivity contribution >= 4 is 23.1 Å². The number of ether oxygens (including phenoxy) is 1. The fourth-order valence-corrected chi connectivity index (χ4v) is 3.96. The van der Waals surface area contributed by atoms with Gasteiger partial charge in [-0.3, -0.25) is 9.59 Å². The lowest BCUT2D eigenvalue weighted by Crippen LogP contribution is -2.28. The molecule has 6 heteroatoms. The minimum atomic E-state index is -0.403. The molecule has 0 saturated heterocycles. The van der Waals surface area contributed by atoms with Crippen LogP contribution in [0.15, 0.2) is 58.3 Å². The van der Waals surface area contributed by atoms with Gasteiger partial charge in [0.1, 0.15) is 17.5 Å². The topological polar surface area (TPSA) is 80.1 Å². The Bertz CT molecular complexity index is 1050. The number of methoxy groups -OCH3 is 1. The minimum Gasteiger partial charge on any atom is -0.497 e. The molecule has 2 aromatic carbocycles. The monoisotopic (exact) mass is 373 g/mol. The second-order valence-electron chi connectivity index (χ2n) is 7.32. The maximum atomic E-state index is 13.3. The van der Waals surface area contributed by atoms with E-state index in [1.165, 1.54) is 0 Å². The van der Waals surface area contributed by atoms with Gasteiger partial charge in [-0.2, -0.15) is 10.2 Å². The average molecular weight is 373 g/mol. The highest BCUT2D eigenvalue weighted by Crippen LogP contribution is 2.49. The van der Waals surface area contributed by atoms with Crippen LogP contribution in [0.1, 0.15) is 46.8 Å². The minimum absolute atomic E-state index is 0.00417. The van der Waals surface area contributed by atoms with Crippen LogP contribution < -0.4 is 10.1 Å². The Morgan fingerprint density at radius 3 is 2.61 bits per heavy atom. The normalized spacial score (nSPS) is 20.0. The SMILES string of the molecule is COc1ccc(C2=C3C(=O)c4c(NC(=O)C5CCC5)cccc4C3N=N2)cc1. The van der Waals surface area contributed by atoms with Gasteiger partial charge in [0.05, 0.1) is 23.9 Å². The molecule has 1 saturated carbocycles. The molecule has 1 atom stereocenters. The van der Waals surface area contributed by atoms with Gasteiger partial charge in [0.25, 0.3) is 0 Å². The fourth-order valence-electron chi connectivity index (χ4n) is 3.96. The van der Waals surface area contributed by atoms with E-state index in [9.17, 15) is 9.59 Å². The number of benzene rings is 2. The summed E-state index contributed by atoms with van der Waals surface area (Å²) in [6.07, 6.45) is 2.92. The molecule has 0 aromatic heterocycles. The van der Waals surface area contributed by atoms with Gasteiger partial charge < -0.3 is 10.1 Å². The molecule has 1 aliphatic heterocycles. The van der Waals surface area contributed by atoms with Crippen molar-refractivity contribution in [3.8, 4) is 5.75 Å². The number of fused-ring (bicyclic) bond motifs is 3. The molecule has 2 aromatic rings. The first-order valence-electron chi connectivity index (χ1n) is 9.45. The Balaban J connectivity index is 1.53. The first-order valence-corrected chi connectivity index (χ1v) is 9.45. The number of anilines is 1. The molecule has 0 radical (unpaired) electrons. The zero-order valence-corrected chi connectivity index (χ0v) is 15.4. The molecule has 2 aliphatic carbocycles. The summed E-state index contributed by atoms with van der Waals surface area (Å²) in [6.45, 7) is 0. The third-order valence-electron chi connectivity index (χ3n) is 5.76. The standard InChI is InChI=1S/C22H19N3O3/c1-28-14-10-8-12(9-11-14)19-18-20(25-24-19)15-6-3-7-16(17(15)21(18)26)23-22(27)13-4-2-5-13/h3,6-11,13,20H,2,4-5H2,1H3,(H,23,27). The molecule has 1 heterocycles. The van der Waals surface area contributed by atoms with Gasteiger partial charge in [-0.05, 0) is 48.7 Å². The summed E-state index contributed by atoms with van der Waals surface area (Å²) in [7, 11) is 1.61. The van der Waals surface area contributed by atoms with E-state index in [1.807, 2.05) is 36.4 Å². The highest BCUT2D eigenvalue weighted by atomic mass is 16.5. The number of ketones is 1. The number of nitrogens with one attached hydrogen (secondary N) is 1. The Kier molecular flexibility index (Phi) is 3.86. The third kappa shape index (κ3) is 2.48. The number of carbonyl (C=O) groups is 2. The van der Waals surface area contributed by atoms with Crippen LogP contribution in [-0.2, 0) is 4.79 Å².